The molecule has 0 bridgehead atoms. The predicted octanol–water partition coefficient (Wildman–Crippen LogP) is 4.06. The van der Waals surface area contributed by atoms with Crippen molar-refractivity contribution in [2.24, 2.45) is 5.92 Å². The van der Waals surface area contributed by atoms with Gasteiger partial charge in [-0.05, 0) is 35.7 Å². The second-order valence-corrected chi connectivity index (χ2v) is 6.61. The number of hydrogen-bond acceptors (Lipinski definition) is 6. The Hall–Kier alpha value is -3.15. The number of carbonyl (C=O) groups is 1. The van der Waals surface area contributed by atoms with Gasteiger partial charge in [-0.1, -0.05) is 38.1 Å². The third-order valence-electron chi connectivity index (χ3n) is 3.91. The molecule has 0 unspecified atom stereocenters. The Balaban J connectivity index is 1.88. The molecule has 1 aromatic heterocycles. The van der Waals surface area contributed by atoms with Gasteiger partial charge >= 0.3 is 5.97 Å². The fourth-order valence-corrected chi connectivity index (χ4v) is 2.54. The van der Waals surface area contributed by atoms with E-state index in [2.05, 4.69) is 15.3 Å². The van der Waals surface area contributed by atoms with Crippen molar-refractivity contribution < 1.29 is 14.3 Å². The van der Waals surface area contributed by atoms with Gasteiger partial charge in [-0.25, -0.2) is 14.8 Å². The van der Waals surface area contributed by atoms with Crippen LogP contribution < -0.4 is 10.1 Å². The molecule has 3 aromatic rings. The number of carbonyl (C=O) groups excluding carboxylic acids is 1. The second-order valence-electron chi connectivity index (χ2n) is 6.61. The van der Waals surface area contributed by atoms with Gasteiger partial charge in [0, 0.05) is 6.54 Å². The minimum Gasteiger partial charge on any atom is -0.497 e. The van der Waals surface area contributed by atoms with Crippen molar-refractivity contribution in [1.29, 1.82) is 0 Å². The minimum atomic E-state index is -0.477. The van der Waals surface area contributed by atoms with Gasteiger partial charge in [0.15, 0.2) is 11.5 Å². The van der Waals surface area contributed by atoms with E-state index in [1.807, 2.05) is 62.4 Å². The van der Waals surface area contributed by atoms with Gasteiger partial charge in [0.05, 0.1) is 24.8 Å². The zero-order valence-electron chi connectivity index (χ0n) is 15.7. The maximum Gasteiger partial charge on any atom is 0.360 e. The molecule has 0 aliphatic carbocycles. The number of esters is 1. The third-order valence-corrected chi connectivity index (χ3v) is 3.91. The number of aromatic nitrogens is 2. The molecule has 0 saturated heterocycles. The van der Waals surface area contributed by atoms with Crippen molar-refractivity contribution in [3.8, 4) is 5.75 Å². The van der Waals surface area contributed by atoms with Crippen molar-refractivity contribution in [2.75, 3.05) is 19.0 Å². The highest BCUT2D eigenvalue weighted by Crippen LogP contribution is 2.20. The minimum absolute atomic E-state index is 0.192. The van der Waals surface area contributed by atoms with E-state index in [0.29, 0.717) is 30.0 Å². The summed E-state index contributed by atoms with van der Waals surface area (Å²) in [5.74, 6) is 0.950. The lowest BCUT2D eigenvalue weighted by Gasteiger charge is -2.13. The summed E-state index contributed by atoms with van der Waals surface area (Å²) >= 11 is 0. The van der Waals surface area contributed by atoms with Crippen LogP contribution in [0.25, 0.3) is 11.0 Å². The lowest BCUT2D eigenvalue weighted by atomic mass is 10.2. The molecular weight excluding hydrogens is 342 g/mol. The number of nitrogens with zero attached hydrogens (tertiary/aromatic N) is 2. The van der Waals surface area contributed by atoms with Crippen molar-refractivity contribution >= 4 is 22.8 Å². The van der Waals surface area contributed by atoms with Crippen LogP contribution in [-0.2, 0) is 11.3 Å². The molecule has 0 aliphatic heterocycles. The molecule has 0 atom stereocenters. The van der Waals surface area contributed by atoms with Crippen LogP contribution in [0.4, 0.5) is 5.82 Å². The Morgan fingerprint density at radius 1 is 1.07 bits per heavy atom. The first-order valence-corrected chi connectivity index (χ1v) is 8.87. The Kier molecular flexibility index (Phi) is 5.86. The summed E-state index contributed by atoms with van der Waals surface area (Å²) in [6.07, 6.45) is 0. The van der Waals surface area contributed by atoms with Gasteiger partial charge in [0.1, 0.15) is 5.75 Å². The van der Waals surface area contributed by atoms with Crippen LogP contribution >= 0.6 is 0 Å². The molecule has 6 nitrogen and oxygen atoms in total. The molecule has 27 heavy (non-hydrogen) atoms. The van der Waals surface area contributed by atoms with E-state index in [9.17, 15) is 4.79 Å². The van der Waals surface area contributed by atoms with E-state index >= 15 is 0 Å². The van der Waals surface area contributed by atoms with E-state index in [-0.39, 0.29) is 11.6 Å². The maximum atomic E-state index is 12.5. The molecule has 0 spiro atoms. The maximum absolute atomic E-state index is 12.5. The summed E-state index contributed by atoms with van der Waals surface area (Å²) in [6.45, 7) is 4.79. The monoisotopic (exact) mass is 365 g/mol. The molecule has 0 saturated carbocycles. The number of benzene rings is 2. The highest BCUT2D eigenvalue weighted by Gasteiger charge is 2.18. The summed E-state index contributed by atoms with van der Waals surface area (Å²) in [5, 5.41) is 3.21. The van der Waals surface area contributed by atoms with Crippen molar-refractivity contribution in [3.63, 3.8) is 0 Å². The largest absolute Gasteiger partial charge is 0.497 e. The van der Waals surface area contributed by atoms with Crippen LogP contribution in [0.3, 0.4) is 0 Å². The SMILES string of the molecule is COc1cccc(CNc2nc3ccccc3nc2C(=O)OCC(C)C)c1. The number of fused-ring (bicyclic) bond motifs is 1. The van der Waals surface area contributed by atoms with Crippen LogP contribution in [0.2, 0.25) is 0 Å². The number of ether oxygens (including phenoxy) is 2. The van der Waals surface area contributed by atoms with Crippen LogP contribution in [0.15, 0.2) is 48.5 Å². The number of para-hydroxylation sites is 2. The molecule has 3 rings (SSSR count). The molecule has 0 aliphatic rings. The molecule has 140 valence electrons. The number of nitrogens with one attached hydrogen (secondary N) is 1. The molecule has 2 aromatic carbocycles. The number of methoxy groups -OCH3 is 1. The molecule has 1 heterocycles. The average Bonchev–Trinajstić information content (AvgIpc) is 2.69. The molecule has 6 heteroatoms. The topological polar surface area (TPSA) is 73.3 Å². The Bertz CT molecular complexity index is 941. The van der Waals surface area contributed by atoms with Crippen LogP contribution in [-0.4, -0.2) is 29.7 Å². The molecular formula is C21H23N3O3. The highest BCUT2D eigenvalue weighted by molar-refractivity contribution is 5.95. The molecule has 0 fully saturated rings. The van der Waals surface area contributed by atoms with Crippen molar-refractivity contribution in [1.82, 2.24) is 9.97 Å². The van der Waals surface area contributed by atoms with Gasteiger partial charge in [0.2, 0.25) is 0 Å². The second kappa shape index (κ2) is 8.49. The summed E-state index contributed by atoms with van der Waals surface area (Å²) in [5.41, 5.74) is 2.56. The highest BCUT2D eigenvalue weighted by atomic mass is 16.5. The zero-order chi connectivity index (χ0) is 19.2. The van der Waals surface area contributed by atoms with Crippen molar-refractivity contribution in [2.45, 2.75) is 20.4 Å². The van der Waals surface area contributed by atoms with Gasteiger partial charge in [-0.15, -0.1) is 0 Å². The van der Waals surface area contributed by atoms with Gasteiger partial charge in [-0.3, -0.25) is 0 Å². The lowest BCUT2D eigenvalue weighted by Crippen LogP contribution is -2.16. The van der Waals surface area contributed by atoms with Crippen LogP contribution in [0.5, 0.6) is 5.75 Å². The quantitative estimate of drug-likeness (QED) is 0.637. The molecule has 1 N–H and O–H groups in total. The standard InChI is InChI=1S/C21H23N3O3/c1-14(2)13-27-21(25)19-20(24-18-10-5-4-9-17(18)23-19)22-12-15-7-6-8-16(11-15)26-3/h4-11,14H,12-13H2,1-3H3,(H,22,24). The third kappa shape index (κ3) is 4.73. The first-order chi connectivity index (χ1) is 13.1. The van der Waals surface area contributed by atoms with E-state index in [1.54, 1.807) is 7.11 Å². The summed E-state index contributed by atoms with van der Waals surface area (Å²) in [7, 11) is 1.63. The normalized spacial score (nSPS) is 10.8. The number of anilines is 1. The van der Waals surface area contributed by atoms with E-state index in [1.165, 1.54) is 0 Å². The summed E-state index contributed by atoms with van der Waals surface area (Å²) < 4.78 is 10.6. The van der Waals surface area contributed by atoms with Crippen LogP contribution in [0, 0.1) is 5.92 Å². The Labute approximate surface area is 158 Å². The average molecular weight is 365 g/mol. The number of rotatable bonds is 7. The van der Waals surface area contributed by atoms with Crippen molar-refractivity contribution in [3.05, 3.63) is 59.8 Å². The summed E-state index contributed by atoms with van der Waals surface area (Å²) in [6, 6.07) is 15.1. The molecule has 0 amide bonds. The number of hydrogen-bond donors (Lipinski definition) is 1. The fourth-order valence-electron chi connectivity index (χ4n) is 2.54. The molecule has 0 radical (unpaired) electrons. The fraction of sp³-hybridized carbons (Fsp3) is 0.286. The summed E-state index contributed by atoms with van der Waals surface area (Å²) in [4.78, 5) is 21.6. The van der Waals surface area contributed by atoms with E-state index < -0.39 is 5.97 Å². The van der Waals surface area contributed by atoms with E-state index in [4.69, 9.17) is 9.47 Å². The lowest BCUT2D eigenvalue weighted by molar-refractivity contribution is 0.0453. The smallest absolute Gasteiger partial charge is 0.360 e. The first-order valence-electron chi connectivity index (χ1n) is 8.87. The predicted molar refractivity (Wildman–Crippen MR) is 105 cm³/mol. The Morgan fingerprint density at radius 3 is 2.52 bits per heavy atom. The zero-order valence-corrected chi connectivity index (χ0v) is 15.7. The van der Waals surface area contributed by atoms with E-state index in [0.717, 1.165) is 11.3 Å². The first kappa shape index (κ1) is 18.6. The van der Waals surface area contributed by atoms with Gasteiger partial charge in [0.25, 0.3) is 0 Å². The Morgan fingerprint density at radius 2 is 1.81 bits per heavy atom. The van der Waals surface area contributed by atoms with Crippen LogP contribution in [0.1, 0.15) is 29.9 Å². The van der Waals surface area contributed by atoms with Gasteiger partial charge in [-0.2, -0.15) is 0 Å². The van der Waals surface area contributed by atoms with Gasteiger partial charge < -0.3 is 14.8 Å².